The van der Waals surface area contributed by atoms with Crippen molar-refractivity contribution in [2.24, 2.45) is 0 Å². The Hall–Kier alpha value is -1.22. The van der Waals surface area contributed by atoms with Crippen LogP contribution in [0.5, 0.6) is 0 Å². The molecule has 0 aliphatic carbocycles. The molecule has 0 saturated carbocycles. The van der Waals surface area contributed by atoms with Gasteiger partial charge in [-0.1, -0.05) is 12.1 Å². The summed E-state index contributed by atoms with van der Waals surface area (Å²) in [7, 11) is 0. The monoisotopic (exact) mass is 259 g/mol. The number of benzene rings is 1. The van der Waals surface area contributed by atoms with Crippen LogP contribution >= 0.6 is 0 Å². The van der Waals surface area contributed by atoms with E-state index in [9.17, 15) is 0 Å². The van der Waals surface area contributed by atoms with Crippen molar-refractivity contribution in [3.8, 4) is 0 Å². The third-order valence-electron chi connectivity index (χ3n) is 4.30. The molecule has 2 N–H and O–H groups in total. The minimum absolute atomic E-state index is 0.632. The fourth-order valence-electron chi connectivity index (χ4n) is 3.19. The second-order valence-corrected chi connectivity index (χ2v) is 5.73. The summed E-state index contributed by atoms with van der Waals surface area (Å²) in [5.74, 6) is 0. The normalized spacial score (nSPS) is 21.4. The minimum Gasteiger partial charge on any atom is -0.381 e. The van der Waals surface area contributed by atoms with Gasteiger partial charge in [-0.15, -0.1) is 0 Å². The molecule has 2 aliphatic rings. The molecule has 104 valence electrons. The van der Waals surface area contributed by atoms with Gasteiger partial charge in [0.05, 0.1) is 11.4 Å². The topological polar surface area (TPSA) is 27.3 Å². The maximum absolute atomic E-state index is 3.77. The molecule has 2 aliphatic heterocycles. The number of nitrogens with zero attached hydrogens (tertiary/aromatic N) is 1. The number of hydrogen-bond donors (Lipinski definition) is 2. The Morgan fingerprint density at radius 3 is 2.53 bits per heavy atom. The third-order valence-corrected chi connectivity index (χ3v) is 4.30. The summed E-state index contributed by atoms with van der Waals surface area (Å²) in [5, 5.41) is 7.19. The van der Waals surface area contributed by atoms with Gasteiger partial charge in [0.2, 0.25) is 0 Å². The molecule has 0 spiro atoms. The Kier molecular flexibility index (Phi) is 4.23. The van der Waals surface area contributed by atoms with Crippen molar-refractivity contribution in [1.82, 2.24) is 5.32 Å². The molecule has 0 bridgehead atoms. The van der Waals surface area contributed by atoms with Crippen LogP contribution in [0.2, 0.25) is 0 Å². The van der Waals surface area contributed by atoms with Crippen LogP contribution in [0.25, 0.3) is 0 Å². The molecule has 3 nitrogen and oxygen atoms in total. The van der Waals surface area contributed by atoms with Crippen molar-refractivity contribution >= 4 is 11.4 Å². The zero-order chi connectivity index (χ0) is 12.9. The highest BCUT2D eigenvalue weighted by Crippen LogP contribution is 2.29. The molecule has 3 rings (SSSR count). The SMILES string of the molecule is c1ccc(N2CCCCC2)c(NC2CCNCC2)c1. The number of hydrogen-bond acceptors (Lipinski definition) is 3. The van der Waals surface area contributed by atoms with E-state index in [1.165, 1.54) is 56.6 Å². The predicted octanol–water partition coefficient (Wildman–Crippen LogP) is 2.84. The summed E-state index contributed by atoms with van der Waals surface area (Å²) in [4.78, 5) is 2.55. The van der Waals surface area contributed by atoms with Crippen molar-refractivity contribution in [3.05, 3.63) is 24.3 Å². The summed E-state index contributed by atoms with van der Waals surface area (Å²) in [6.07, 6.45) is 6.52. The maximum atomic E-state index is 3.77. The number of nitrogens with one attached hydrogen (secondary N) is 2. The molecule has 1 aromatic carbocycles. The first-order chi connectivity index (χ1) is 9.43. The summed E-state index contributed by atoms with van der Waals surface area (Å²) < 4.78 is 0. The van der Waals surface area contributed by atoms with Crippen molar-refractivity contribution < 1.29 is 0 Å². The van der Waals surface area contributed by atoms with E-state index in [2.05, 4.69) is 39.8 Å². The van der Waals surface area contributed by atoms with E-state index in [1.807, 2.05) is 0 Å². The molecule has 3 heteroatoms. The Morgan fingerprint density at radius 1 is 1.00 bits per heavy atom. The molecular weight excluding hydrogens is 234 g/mol. The number of piperidine rings is 2. The summed E-state index contributed by atoms with van der Waals surface area (Å²) in [6, 6.07) is 9.46. The molecule has 0 atom stereocenters. The quantitative estimate of drug-likeness (QED) is 0.874. The lowest BCUT2D eigenvalue weighted by molar-refractivity contribution is 0.479. The van der Waals surface area contributed by atoms with E-state index in [-0.39, 0.29) is 0 Å². The van der Waals surface area contributed by atoms with Crippen molar-refractivity contribution in [1.29, 1.82) is 0 Å². The largest absolute Gasteiger partial charge is 0.381 e. The lowest BCUT2D eigenvalue weighted by Gasteiger charge is -2.32. The molecule has 0 unspecified atom stereocenters. The van der Waals surface area contributed by atoms with Gasteiger partial charge in [-0.2, -0.15) is 0 Å². The van der Waals surface area contributed by atoms with E-state index in [0.717, 1.165) is 13.1 Å². The first-order valence-electron chi connectivity index (χ1n) is 7.75. The van der Waals surface area contributed by atoms with Crippen LogP contribution in [0.4, 0.5) is 11.4 Å². The number of rotatable bonds is 3. The summed E-state index contributed by atoms with van der Waals surface area (Å²) in [5.41, 5.74) is 2.73. The Labute approximate surface area is 116 Å². The molecular formula is C16H25N3. The van der Waals surface area contributed by atoms with Gasteiger partial charge in [0.25, 0.3) is 0 Å². The van der Waals surface area contributed by atoms with Gasteiger partial charge in [0.1, 0.15) is 0 Å². The average Bonchev–Trinajstić information content (AvgIpc) is 2.50. The highest BCUT2D eigenvalue weighted by atomic mass is 15.2. The van der Waals surface area contributed by atoms with Crippen molar-refractivity contribution in [3.63, 3.8) is 0 Å². The number of para-hydroxylation sites is 2. The van der Waals surface area contributed by atoms with Crippen LogP contribution < -0.4 is 15.5 Å². The Bertz CT molecular complexity index is 393. The highest BCUT2D eigenvalue weighted by molar-refractivity contribution is 5.70. The molecule has 2 saturated heterocycles. The molecule has 1 aromatic rings. The van der Waals surface area contributed by atoms with Crippen LogP contribution in [0.3, 0.4) is 0 Å². The van der Waals surface area contributed by atoms with Crippen LogP contribution in [-0.2, 0) is 0 Å². The Morgan fingerprint density at radius 2 is 1.74 bits per heavy atom. The molecule has 19 heavy (non-hydrogen) atoms. The third kappa shape index (κ3) is 3.21. The smallest absolute Gasteiger partial charge is 0.0602 e. The zero-order valence-corrected chi connectivity index (χ0v) is 11.7. The van der Waals surface area contributed by atoms with Crippen LogP contribution in [0.15, 0.2) is 24.3 Å². The van der Waals surface area contributed by atoms with Gasteiger partial charge >= 0.3 is 0 Å². The van der Waals surface area contributed by atoms with E-state index < -0.39 is 0 Å². The van der Waals surface area contributed by atoms with Crippen LogP contribution in [-0.4, -0.2) is 32.2 Å². The van der Waals surface area contributed by atoms with Crippen LogP contribution in [0, 0.1) is 0 Å². The fourth-order valence-corrected chi connectivity index (χ4v) is 3.19. The Balaban J connectivity index is 1.72. The van der Waals surface area contributed by atoms with Gasteiger partial charge in [0, 0.05) is 19.1 Å². The average molecular weight is 259 g/mol. The van der Waals surface area contributed by atoms with E-state index in [0.29, 0.717) is 6.04 Å². The van der Waals surface area contributed by atoms with Crippen molar-refractivity contribution in [2.75, 3.05) is 36.4 Å². The second kappa shape index (κ2) is 6.29. The molecule has 0 radical (unpaired) electrons. The van der Waals surface area contributed by atoms with Gasteiger partial charge in [-0.3, -0.25) is 0 Å². The lowest BCUT2D eigenvalue weighted by Crippen LogP contribution is -2.36. The first kappa shape index (κ1) is 12.8. The molecule has 2 heterocycles. The van der Waals surface area contributed by atoms with Crippen molar-refractivity contribution in [2.45, 2.75) is 38.1 Å². The summed E-state index contributed by atoms with van der Waals surface area (Å²) in [6.45, 7) is 4.71. The van der Waals surface area contributed by atoms with E-state index in [4.69, 9.17) is 0 Å². The van der Waals surface area contributed by atoms with Gasteiger partial charge in [-0.25, -0.2) is 0 Å². The van der Waals surface area contributed by atoms with Crippen LogP contribution in [0.1, 0.15) is 32.1 Å². The van der Waals surface area contributed by atoms with Gasteiger partial charge in [-0.05, 0) is 57.3 Å². The van der Waals surface area contributed by atoms with E-state index in [1.54, 1.807) is 0 Å². The first-order valence-corrected chi connectivity index (χ1v) is 7.75. The molecule has 0 aromatic heterocycles. The zero-order valence-electron chi connectivity index (χ0n) is 11.7. The van der Waals surface area contributed by atoms with Gasteiger partial charge < -0.3 is 15.5 Å². The minimum atomic E-state index is 0.632. The van der Waals surface area contributed by atoms with E-state index >= 15 is 0 Å². The fraction of sp³-hybridized carbons (Fsp3) is 0.625. The predicted molar refractivity (Wildman–Crippen MR) is 82.0 cm³/mol. The summed E-state index contributed by atoms with van der Waals surface area (Å²) >= 11 is 0. The highest BCUT2D eigenvalue weighted by Gasteiger charge is 2.17. The number of anilines is 2. The van der Waals surface area contributed by atoms with Gasteiger partial charge in [0.15, 0.2) is 0 Å². The maximum Gasteiger partial charge on any atom is 0.0602 e. The molecule has 2 fully saturated rings. The molecule has 0 amide bonds. The standard InChI is InChI=1S/C16H25N3/c1-4-12-19(13-5-1)16-7-3-2-6-15(16)18-14-8-10-17-11-9-14/h2-3,6-7,14,17-18H,1,4-5,8-13H2. The second-order valence-electron chi connectivity index (χ2n) is 5.73. The lowest BCUT2D eigenvalue weighted by atomic mass is 10.1.